The Kier molecular flexibility index (Phi) is 43.2. The minimum Gasteiger partial charge on any atom is -0.481 e. The molecule has 542 valence electrons. The van der Waals surface area contributed by atoms with Crippen LogP contribution in [0.25, 0.3) is 0 Å². The summed E-state index contributed by atoms with van der Waals surface area (Å²) in [4.78, 5) is 45.4. The van der Waals surface area contributed by atoms with Gasteiger partial charge in [0.1, 0.15) is 0 Å². The molecule has 0 spiro atoms. The lowest BCUT2D eigenvalue weighted by Crippen LogP contribution is -2.14. The van der Waals surface area contributed by atoms with Gasteiger partial charge < -0.3 is 20.4 Å². The molecule has 0 aromatic carbocycles. The molecule has 22 unspecified atom stereocenters. The molecule has 6 aliphatic rings. The lowest BCUT2D eigenvalue weighted by atomic mass is 9.79. The number of rotatable bonds is 47. The third-order valence-corrected chi connectivity index (χ3v) is 26.9. The highest BCUT2D eigenvalue weighted by molar-refractivity contribution is 5.68. The molecule has 0 aromatic heterocycles. The third kappa shape index (κ3) is 32.5. The number of hydrogen-bond donors (Lipinski definition) is 4. The highest BCUT2D eigenvalue weighted by Gasteiger charge is 2.40. The largest absolute Gasteiger partial charge is 0.481 e. The topological polar surface area (TPSA) is 149 Å². The van der Waals surface area contributed by atoms with Gasteiger partial charge in [-0.2, -0.15) is 0 Å². The first kappa shape index (κ1) is 86.0. The Morgan fingerprint density at radius 3 is 0.913 bits per heavy atom. The fraction of sp³-hybridized carbons (Fsp3) is 0.952. The SMILES string of the molecule is C.C.C.C.CC(CCCC(C)C1CCC(CCCC(C)CC(=O)O)C1)CCC(CCCC(C)C1CCC(C2CCC(CC(=O)O)C2)C1)CCC(CCCC(C)C1CCC(C2CCC(CC(=O)O)C2)C1)CCC(C)CCCC(C)C1CCC(CCCC(C)CC(=O)O)C1. The predicted octanol–water partition coefficient (Wildman–Crippen LogP) is 25.6. The first-order chi connectivity index (χ1) is 42.2. The summed E-state index contributed by atoms with van der Waals surface area (Å²) < 4.78 is 0. The van der Waals surface area contributed by atoms with Crippen molar-refractivity contribution < 1.29 is 39.6 Å². The zero-order valence-corrected chi connectivity index (χ0v) is 58.7. The molecule has 0 aromatic rings. The zero-order chi connectivity index (χ0) is 63.5. The molecule has 22 atom stereocenters. The van der Waals surface area contributed by atoms with Crippen LogP contribution in [-0.4, -0.2) is 44.3 Å². The summed E-state index contributed by atoms with van der Waals surface area (Å²) in [7, 11) is 0. The van der Waals surface area contributed by atoms with Crippen LogP contribution in [0.4, 0.5) is 0 Å². The van der Waals surface area contributed by atoms with Crippen LogP contribution in [-0.2, 0) is 19.2 Å². The number of carboxylic acids is 4. The molecule has 4 N–H and O–H groups in total. The second-order valence-corrected chi connectivity index (χ2v) is 34.2. The van der Waals surface area contributed by atoms with Gasteiger partial charge in [-0.1, -0.05) is 252 Å². The van der Waals surface area contributed by atoms with Crippen LogP contribution >= 0.6 is 0 Å². The molecule has 6 aliphatic carbocycles. The van der Waals surface area contributed by atoms with Crippen molar-refractivity contribution in [2.24, 2.45) is 130 Å². The highest BCUT2D eigenvalue weighted by atomic mass is 16.4. The summed E-state index contributed by atoms with van der Waals surface area (Å²) in [6.07, 6.45) is 57.0. The van der Waals surface area contributed by atoms with Crippen LogP contribution in [0.1, 0.15) is 380 Å². The molecule has 0 bridgehead atoms. The molecule has 0 aliphatic heterocycles. The van der Waals surface area contributed by atoms with Gasteiger partial charge in [-0.15, -0.1) is 0 Å². The van der Waals surface area contributed by atoms with E-state index in [1.54, 1.807) is 0 Å². The van der Waals surface area contributed by atoms with Gasteiger partial charge in [-0.25, -0.2) is 0 Å². The van der Waals surface area contributed by atoms with Crippen molar-refractivity contribution in [3.8, 4) is 0 Å². The molecule has 0 saturated heterocycles. The van der Waals surface area contributed by atoms with E-state index in [1.807, 2.05) is 0 Å². The molecule has 8 nitrogen and oxygen atoms in total. The van der Waals surface area contributed by atoms with Gasteiger partial charge >= 0.3 is 23.9 Å². The van der Waals surface area contributed by atoms with Gasteiger partial charge in [0.15, 0.2) is 0 Å². The second-order valence-electron chi connectivity index (χ2n) is 34.2. The van der Waals surface area contributed by atoms with Crippen molar-refractivity contribution in [2.75, 3.05) is 0 Å². The van der Waals surface area contributed by atoms with E-state index in [0.717, 1.165) is 145 Å². The van der Waals surface area contributed by atoms with Crippen LogP contribution in [0.2, 0.25) is 0 Å². The average molecular weight is 1300 g/mol. The van der Waals surface area contributed by atoms with E-state index in [9.17, 15) is 39.6 Å². The van der Waals surface area contributed by atoms with E-state index < -0.39 is 23.9 Å². The molecule has 6 saturated carbocycles. The van der Waals surface area contributed by atoms with E-state index in [0.29, 0.717) is 37.5 Å². The van der Waals surface area contributed by atoms with E-state index in [-0.39, 0.29) is 41.5 Å². The highest BCUT2D eigenvalue weighted by Crippen LogP contribution is 2.50. The lowest BCUT2D eigenvalue weighted by Gasteiger charge is -2.26. The van der Waals surface area contributed by atoms with Gasteiger partial charge in [-0.3, -0.25) is 19.2 Å². The van der Waals surface area contributed by atoms with Gasteiger partial charge in [0.25, 0.3) is 0 Å². The van der Waals surface area contributed by atoms with E-state index in [2.05, 4.69) is 55.4 Å². The Bertz CT molecular complexity index is 1820. The summed E-state index contributed by atoms with van der Waals surface area (Å²) in [5.41, 5.74) is 0. The van der Waals surface area contributed by atoms with Crippen molar-refractivity contribution in [1.29, 1.82) is 0 Å². The first-order valence-corrected chi connectivity index (χ1v) is 39.0. The minimum absolute atomic E-state index is 0. The lowest BCUT2D eigenvalue weighted by molar-refractivity contribution is -0.139. The Morgan fingerprint density at radius 1 is 0.283 bits per heavy atom. The quantitative estimate of drug-likeness (QED) is 0.0471. The normalized spacial score (nSPS) is 29.5. The maximum absolute atomic E-state index is 11.5. The fourth-order valence-corrected chi connectivity index (χ4v) is 20.7. The van der Waals surface area contributed by atoms with E-state index in [1.165, 1.54) is 231 Å². The second kappa shape index (κ2) is 46.2. The Labute approximate surface area is 571 Å². The molecule has 6 fully saturated rings. The van der Waals surface area contributed by atoms with Crippen LogP contribution in [0, 0.1) is 130 Å². The standard InChI is InChI=1S/C80H142O8.4CH4/c1-55(15-9-19-59(5)69-37-33-65(47-69)25-11-17-57(3)45-77(81)82)27-29-63(23-13-21-61(7)71-41-43-75(53-71)73-39-35-67(49-73)51-79(85)86)31-32-64(24-14-22-62(8)72-42-44-76(54-72)74-40-36-68(50-74)52-80(87)88)30-28-56(2)16-10-20-60(6)70-38-34-66(48-70)26-12-18-58(4)46-78(83)84;;;;/h55-76H,9-54H2,1-8H3,(H,81,82)(H,83,84)(H,85,86)(H,87,88);4*1H4. The average Bonchev–Trinajstić information content (AvgIpc) is 1.78. The van der Waals surface area contributed by atoms with Gasteiger partial charge in [0.2, 0.25) is 0 Å². The van der Waals surface area contributed by atoms with Crippen molar-refractivity contribution in [3.05, 3.63) is 0 Å². The smallest absolute Gasteiger partial charge is 0.303 e. The molecular formula is C84H158O8. The van der Waals surface area contributed by atoms with E-state index >= 15 is 0 Å². The monoisotopic (exact) mass is 1300 g/mol. The predicted molar refractivity (Wildman–Crippen MR) is 392 cm³/mol. The van der Waals surface area contributed by atoms with Crippen LogP contribution in [0.3, 0.4) is 0 Å². The zero-order valence-electron chi connectivity index (χ0n) is 58.7. The van der Waals surface area contributed by atoms with Crippen LogP contribution < -0.4 is 0 Å². The Hall–Kier alpha value is -2.12. The number of aliphatic carboxylic acids is 4. The molecule has 92 heavy (non-hydrogen) atoms. The minimum atomic E-state index is -0.657. The summed E-state index contributed by atoms with van der Waals surface area (Å²) in [5, 5.41) is 37.4. The van der Waals surface area contributed by atoms with Crippen molar-refractivity contribution in [1.82, 2.24) is 0 Å². The Morgan fingerprint density at radius 2 is 0.565 bits per heavy atom. The molecule has 8 heteroatoms. The molecule has 0 heterocycles. The fourth-order valence-electron chi connectivity index (χ4n) is 20.7. The van der Waals surface area contributed by atoms with Crippen LogP contribution in [0.5, 0.6) is 0 Å². The number of carboxylic acid groups (broad SMARTS) is 4. The summed E-state index contributed by atoms with van der Waals surface area (Å²) >= 11 is 0. The maximum atomic E-state index is 11.5. The molecular weight excluding hydrogens is 1140 g/mol. The summed E-state index contributed by atoms with van der Waals surface area (Å²) in [6, 6.07) is 0. The molecule has 0 radical (unpaired) electrons. The van der Waals surface area contributed by atoms with Crippen molar-refractivity contribution in [2.45, 2.75) is 380 Å². The molecule has 6 rings (SSSR count). The van der Waals surface area contributed by atoms with Crippen molar-refractivity contribution in [3.63, 3.8) is 0 Å². The van der Waals surface area contributed by atoms with E-state index in [4.69, 9.17) is 0 Å². The molecule has 0 amide bonds. The maximum Gasteiger partial charge on any atom is 0.303 e. The number of hydrogen-bond acceptors (Lipinski definition) is 4. The van der Waals surface area contributed by atoms with Crippen molar-refractivity contribution >= 4 is 23.9 Å². The van der Waals surface area contributed by atoms with Gasteiger partial charge in [-0.05, 0) is 233 Å². The number of carbonyl (C=O) groups is 4. The first-order valence-electron chi connectivity index (χ1n) is 39.0. The van der Waals surface area contributed by atoms with Crippen LogP contribution in [0.15, 0.2) is 0 Å². The summed E-state index contributed by atoms with van der Waals surface area (Å²) in [6.45, 7) is 19.6. The third-order valence-electron chi connectivity index (χ3n) is 26.9. The van der Waals surface area contributed by atoms with Gasteiger partial charge in [0, 0.05) is 25.7 Å². The summed E-state index contributed by atoms with van der Waals surface area (Å²) in [5.74, 6) is 13.6. The Balaban J connectivity index is 0.00000721. The van der Waals surface area contributed by atoms with Gasteiger partial charge in [0.05, 0.1) is 0 Å².